The second kappa shape index (κ2) is 8.66. The molecule has 7 nitrogen and oxygen atoms in total. The van der Waals surface area contributed by atoms with Crippen LogP contribution in [0.1, 0.15) is 22.8 Å². The van der Waals surface area contributed by atoms with Crippen molar-refractivity contribution < 1.29 is 31.5 Å². The predicted molar refractivity (Wildman–Crippen MR) is 102 cm³/mol. The lowest BCUT2D eigenvalue weighted by molar-refractivity contribution is -0.123. The van der Waals surface area contributed by atoms with E-state index in [4.69, 9.17) is 4.74 Å². The Labute approximate surface area is 167 Å². The summed E-state index contributed by atoms with van der Waals surface area (Å²) in [5.41, 5.74) is 0.428. The van der Waals surface area contributed by atoms with E-state index in [1.165, 1.54) is 39.2 Å². The molecule has 0 heterocycles. The Morgan fingerprint density at radius 1 is 1.07 bits per heavy atom. The number of rotatable bonds is 6. The highest BCUT2D eigenvalue weighted by molar-refractivity contribution is 7.89. The van der Waals surface area contributed by atoms with Gasteiger partial charge in [-0.25, -0.2) is 26.3 Å². The zero-order valence-electron chi connectivity index (χ0n) is 16.2. The van der Waals surface area contributed by atoms with Gasteiger partial charge in [0.2, 0.25) is 10.0 Å². The molecule has 0 saturated heterocycles. The van der Waals surface area contributed by atoms with Crippen LogP contribution in [-0.2, 0) is 19.6 Å². The molecule has 2 aromatic carbocycles. The molecule has 2 rings (SSSR count). The van der Waals surface area contributed by atoms with Gasteiger partial charge in [-0.05, 0) is 43.7 Å². The predicted octanol–water partition coefficient (Wildman–Crippen LogP) is 2.71. The number of ether oxygens (including phenoxy) is 1. The molecule has 0 radical (unpaired) electrons. The summed E-state index contributed by atoms with van der Waals surface area (Å²) in [6.45, 7) is 2.94. The zero-order valence-corrected chi connectivity index (χ0v) is 17.0. The van der Waals surface area contributed by atoms with E-state index in [1.54, 1.807) is 6.92 Å². The third kappa shape index (κ3) is 5.36. The fraction of sp³-hybridized carbons (Fsp3) is 0.263. The Kier molecular flexibility index (Phi) is 6.70. The summed E-state index contributed by atoms with van der Waals surface area (Å²) in [6, 6.07) is 6.40. The number of hydrogen-bond donors (Lipinski definition) is 1. The normalized spacial score (nSPS) is 12.5. The Bertz CT molecular complexity index is 1030. The Morgan fingerprint density at radius 3 is 2.21 bits per heavy atom. The van der Waals surface area contributed by atoms with Crippen molar-refractivity contribution in [2.24, 2.45) is 0 Å². The molecular weight excluding hydrogens is 406 g/mol. The van der Waals surface area contributed by atoms with Crippen LogP contribution in [0.2, 0.25) is 0 Å². The fourth-order valence-electron chi connectivity index (χ4n) is 2.30. The molecule has 0 fully saturated rings. The second-order valence-corrected chi connectivity index (χ2v) is 8.61. The number of hydrogen-bond acceptors (Lipinski definition) is 5. The van der Waals surface area contributed by atoms with Crippen molar-refractivity contribution in [3.05, 3.63) is 59.2 Å². The molecular formula is C19H20F2N2O5S. The van der Waals surface area contributed by atoms with Crippen LogP contribution >= 0.6 is 0 Å². The minimum atomic E-state index is -3.71. The van der Waals surface area contributed by atoms with Crippen molar-refractivity contribution >= 4 is 27.6 Å². The van der Waals surface area contributed by atoms with Crippen molar-refractivity contribution in [1.29, 1.82) is 0 Å². The van der Waals surface area contributed by atoms with Crippen molar-refractivity contribution in [3.63, 3.8) is 0 Å². The third-order valence-corrected chi connectivity index (χ3v) is 5.81. The maximum Gasteiger partial charge on any atom is 0.339 e. The van der Waals surface area contributed by atoms with E-state index in [0.29, 0.717) is 11.6 Å². The van der Waals surface area contributed by atoms with Gasteiger partial charge in [0, 0.05) is 25.8 Å². The van der Waals surface area contributed by atoms with Gasteiger partial charge in [-0.1, -0.05) is 6.07 Å². The average molecular weight is 426 g/mol. The third-order valence-electron chi connectivity index (χ3n) is 4.00. The lowest BCUT2D eigenvalue weighted by Crippen LogP contribution is -2.30. The smallest absolute Gasteiger partial charge is 0.339 e. The molecule has 1 amide bonds. The molecule has 0 bridgehead atoms. The Balaban J connectivity index is 2.16. The molecule has 10 heteroatoms. The molecule has 1 N–H and O–H groups in total. The summed E-state index contributed by atoms with van der Waals surface area (Å²) in [5.74, 6) is -3.73. The first-order valence-corrected chi connectivity index (χ1v) is 9.87. The summed E-state index contributed by atoms with van der Waals surface area (Å²) in [7, 11) is -0.951. The molecule has 0 saturated carbocycles. The van der Waals surface area contributed by atoms with Gasteiger partial charge in [-0.2, -0.15) is 0 Å². The molecule has 0 spiro atoms. The maximum atomic E-state index is 13.2. The number of aryl methyl sites for hydroxylation is 1. The summed E-state index contributed by atoms with van der Waals surface area (Å²) in [4.78, 5) is 24.4. The van der Waals surface area contributed by atoms with Crippen LogP contribution in [0, 0.1) is 18.6 Å². The highest BCUT2D eigenvalue weighted by Crippen LogP contribution is 2.22. The highest BCUT2D eigenvalue weighted by atomic mass is 32.2. The number of amides is 1. The van der Waals surface area contributed by atoms with E-state index in [-0.39, 0.29) is 16.1 Å². The lowest BCUT2D eigenvalue weighted by Gasteiger charge is -2.17. The molecule has 156 valence electrons. The van der Waals surface area contributed by atoms with Crippen LogP contribution in [0.4, 0.5) is 14.5 Å². The largest absolute Gasteiger partial charge is 0.449 e. The second-order valence-electron chi connectivity index (χ2n) is 6.46. The zero-order chi connectivity index (χ0) is 21.9. The van der Waals surface area contributed by atoms with E-state index < -0.39 is 39.6 Å². The fourth-order valence-corrected chi connectivity index (χ4v) is 3.22. The standard InChI is InChI=1S/C19H20F2N2O5S/c1-11-5-6-16(29(26,27)23(3)4)10-17(11)22-18(24)12(2)28-19(25)13-7-14(20)9-15(21)8-13/h5-10,12H,1-4H3,(H,22,24). The average Bonchev–Trinajstić information content (AvgIpc) is 2.62. The van der Waals surface area contributed by atoms with Gasteiger partial charge in [-0.15, -0.1) is 0 Å². The molecule has 0 aromatic heterocycles. The first-order valence-electron chi connectivity index (χ1n) is 8.43. The van der Waals surface area contributed by atoms with Crippen molar-refractivity contribution in [1.82, 2.24) is 4.31 Å². The van der Waals surface area contributed by atoms with Crippen LogP contribution in [0.5, 0.6) is 0 Å². The summed E-state index contributed by atoms with van der Waals surface area (Å²) < 4.78 is 56.9. The van der Waals surface area contributed by atoms with E-state index in [2.05, 4.69) is 5.32 Å². The molecule has 0 aliphatic heterocycles. The van der Waals surface area contributed by atoms with E-state index in [0.717, 1.165) is 16.4 Å². The van der Waals surface area contributed by atoms with Gasteiger partial charge in [0.15, 0.2) is 6.10 Å². The minimum absolute atomic E-state index is 0.0247. The van der Waals surface area contributed by atoms with Crippen LogP contribution in [0.25, 0.3) is 0 Å². The molecule has 0 aliphatic rings. The van der Waals surface area contributed by atoms with Gasteiger partial charge in [0.1, 0.15) is 11.6 Å². The number of sulfonamides is 1. The van der Waals surface area contributed by atoms with Gasteiger partial charge < -0.3 is 10.1 Å². The first kappa shape index (κ1) is 22.4. The van der Waals surface area contributed by atoms with Gasteiger partial charge in [0.05, 0.1) is 10.5 Å². The number of nitrogens with zero attached hydrogens (tertiary/aromatic N) is 1. The van der Waals surface area contributed by atoms with Gasteiger partial charge in [0.25, 0.3) is 5.91 Å². The Morgan fingerprint density at radius 2 is 1.66 bits per heavy atom. The van der Waals surface area contributed by atoms with Crippen LogP contribution in [0.15, 0.2) is 41.3 Å². The SMILES string of the molecule is Cc1ccc(S(=O)(=O)N(C)C)cc1NC(=O)C(C)OC(=O)c1cc(F)cc(F)c1. The molecule has 29 heavy (non-hydrogen) atoms. The van der Waals surface area contributed by atoms with Gasteiger partial charge in [-0.3, -0.25) is 4.79 Å². The maximum absolute atomic E-state index is 13.2. The van der Waals surface area contributed by atoms with Crippen LogP contribution in [-0.4, -0.2) is 44.8 Å². The highest BCUT2D eigenvalue weighted by Gasteiger charge is 2.22. The molecule has 1 atom stereocenters. The van der Waals surface area contributed by atoms with E-state index in [9.17, 15) is 26.8 Å². The Hall–Kier alpha value is -2.85. The molecule has 2 aromatic rings. The number of benzene rings is 2. The van der Waals surface area contributed by atoms with E-state index in [1.807, 2.05) is 0 Å². The van der Waals surface area contributed by atoms with Crippen molar-refractivity contribution in [2.45, 2.75) is 24.8 Å². The monoisotopic (exact) mass is 426 g/mol. The number of carbonyl (C=O) groups excluding carboxylic acids is 2. The number of anilines is 1. The molecule has 1 unspecified atom stereocenters. The number of carbonyl (C=O) groups is 2. The van der Waals surface area contributed by atoms with Gasteiger partial charge >= 0.3 is 5.97 Å². The van der Waals surface area contributed by atoms with Crippen LogP contribution < -0.4 is 5.32 Å². The van der Waals surface area contributed by atoms with Crippen LogP contribution in [0.3, 0.4) is 0 Å². The summed E-state index contributed by atoms with van der Waals surface area (Å²) in [5, 5.41) is 2.49. The van der Waals surface area contributed by atoms with Crippen molar-refractivity contribution in [2.75, 3.05) is 19.4 Å². The summed E-state index contributed by atoms with van der Waals surface area (Å²) >= 11 is 0. The number of nitrogens with one attached hydrogen (secondary N) is 1. The quantitative estimate of drug-likeness (QED) is 0.717. The topological polar surface area (TPSA) is 92.8 Å². The minimum Gasteiger partial charge on any atom is -0.449 e. The lowest BCUT2D eigenvalue weighted by atomic mass is 10.2. The van der Waals surface area contributed by atoms with Crippen molar-refractivity contribution in [3.8, 4) is 0 Å². The van der Waals surface area contributed by atoms with E-state index >= 15 is 0 Å². The molecule has 0 aliphatic carbocycles. The summed E-state index contributed by atoms with van der Waals surface area (Å²) in [6.07, 6.45) is -1.30. The number of esters is 1. The first-order chi connectivity index (χ1) is 13.4. The number of halogens is 2.